The fourth-order valence-electron chi connectivity index (χ4n) is 0.605. The Morgan fingerprint density at radius 2 is 2.08 bits per heavy atom. The number of nitrogen functional groups attached to an aromatic ring is 1. The standard InChI is InChI=1S/C6H2ClF2N3/c7-3-2(1-10)12-6(9)4(8)5(3)11/h(H2,11,12). The summed E-state index contributed by atoms with van der Waals surface area (Å²) in [5.74, 6) is -2.76. The van der Waals surface area contributed by atoms with Crippen LogP contribution >= 0.6 is 11.6 Å². The summed E-state index contributed by atoms with van der Waals surface area (Å²) >= 11 is 5.35. The third-order valence-electron chi connectivity index (χ3n) is 1.18. The fourth-order valence-corrected chi connectivity index (χ4v) is 0.773. The Balaban J connectivity index is 3.52. The molecule has 0 saturated heterocycles. The number of hydrogen-bond donors (Lipinski definition) is 1. The number of nitriles is 1. The van der Waals surface area contributed by atoms with Crippen molar-refractivity contribution in [2.75, 3.05) is 5.73 Å². The maximum atomic E-state index is 12.6. The summed E-state index contributed by atoms with van der Waals surface area (Å²) in [6, 6.07) is 1.47. The third-order valence-corrected chi connectivity index (χ3v) is 1.56. The monoisotopic (exact) mass is 189 g/mol. The van der Waals surface area contributed by atoms with Gasteiger partial charge in [0.25, 0.3) is 5.95 Å². The van der Waals surface area contributed by atoms with Crippen molar-refractivity contribution in [3.63, 3.8) is 0 Å². The van der Waals surface area contributed by atoms with E-state index in [0.29, 0.717) is 0 Å². The van der Waals surface area contributed by atoms with Gasteiger partial charge in [-0.15, -0.1) is 0 Å². The van der Waals surface area contributed by atoms with Gasteiger partial charge in [0.2, 0.25) is 5.82 Å². The molecule has 12 heavy (non-hydrogen) atoms. The second-order valence-electron chi connectivity index (χ2n) is 1.90. The second-order valence-corrected chi connectivity index (χ2v) is 2.28. The summed E-state index contributed by atoms with van der Waals surface area (Å²) in [4.78, 5) is 2.94. The number of hydrogen-bond acceptors (Lipinski definition) is 3. The molecule has 62 valence electrons. The maximum Gasteiger partial charge on any atom is 0.252 e. The van der Waals surface area contributed by atoms with Crippen molar-refractivity contribution in [3.8, 4) is 6.07 Å². The van der Waals surface area contributed by atoms with Crippen LogP contribution in [0.5, 0.6) is 0 Å². The molecule has 0 amide bonds. The topological polar surface area (TPSA) is 62.7 Å². The van der Waals surface area contributed by atoms with E-state index in [4.69, 9.17) is 22.6 Å². The van der Waals surface area contributed by atoms with Crippen molar-refractivity contribution < 1.29 is 8.78 Å². The molecule has 0 aliphatic carbocycles. The van der Waals surface area contributed by atoms with E-state index in [9.17, 15) is 8.78 Å². The molecule has 0 bridgehead atoms. The number of pyridine rings is 1. The van der Waals surface area contributed by atoms with Gasteiger partial charge in [0.1, 0.15) is 11.1 Å². The van der Waals surface area contributed by atoms with Gasteiger partial charge in [0, 0.05) is 0 Å². The van der Waals surface area contributed by atoms with Gasteiger partial charge in [-0.3, -0.25) is 0 Å². The van der Waals surface area contributed by atoms with E-state index in [1.807, 2.05) is 0 Å². The molecule has 3 nitrogen and oxygen atoms in total. The number of nitrogens with zero attached hydrogens (tertiary/aromatic N) is 2. The second kappa shape index (κ2) is 2.91. The first-order valence-electron chi connectivity index (χ1n) is 2.78. The van der Waals surface area contributed by atoms with E-state index >= 15 is 0 Å². The first kappa shape index (κ1) is 8.68. The van der Waals surface area contributed by atoms with Gasteiger partial charge in [-0.05, 0) is 0 Å². The molecule has 0 spiro atoms. The lowest BCUT2D eigenvalue weighted by molar-refractivity contribution is 0.481. The highest BCUT2D eigenvalue weighted by molar-refractivity contribution is 6.34. The third kappa shape index (κ3) is 1.17. The smallest absolute Gasteiger partial charge is 0.252 e. The predicted molar refractivity (Wildman–Crippen MR) is 38.3 cm³/mol. The average Bonchev–Trinajstić information content (AvgIpc) is 2.08. The number of aromatic nitrogens is 1. The van der Waals surface area contributed by atoms with E-state index in [2.05, 4.69) is 4.98 Å². The number of halogens is 3. The van der Waals surface area contributed by atoms with Crippen LogP contribution in [0.15, 0.2) is 0 Å². The van der Waals surface area contributed by atoms with Crippen LogP contribution in [-0.4, -0.2) is 4.98 Å². The summed E-state index contributed by atoms with van der Waals surface area (Å²) < 4.78 is 25.0. The van der Waals surface area contributed by atoms with E-state index < -0.39 is 23.1 Å². The van der Waals surface area contributed by atoms with Gasteiger partial charge >= 0.3 is 0 Å². The Kier molecular flexibility index (Phi) is 2.11. The van der Waals surface area contributed by atoms with Crippen molar-refractivity contribution in [2.45, 2.75) is 0 Å². The molecule has 0 fully saturated rings. The minimum absolute atomic E-state index is 0.364. The van der Waals surface area contributed by atoms with E-state index in [0.717, 1.165) is 0 Å². The van der Waals surface area contributed by atoms with Crippen LogP contribution in [0.2, 0.25) is 5.02 Å². The van der Waals surface area contributed by atoms with Crippen LogP contribution < -0.4 is 5.73 Å². The van der Waals surface area contributed by atoms with Crippen molar-refractivity contribution >= 4 is 17.3 Å². The minimum atomic E-state index is -1.42. The lowest BCUT2D eigenvalue weighted by Gasteiger charge is -2.00. The Hall–Kier alpha value is -1.41. The molecular weight excluding hydrogens is 188 g/mol. The molecule has 6 heteroatoms. The SMILES string of the molecule is N#Cc1nc(F)c(F)c(N)c1Cl. The minimum Gasteiger partial charge on any atom is -0.395 e. The highest BCUT2D eigenvalue weighted by Gasteiger charge is 2.15. The average molecular weight is 190 g/mol. The molecular formula is C6H2ClF2N3. The van der Waals surface area contributed by atoms with Crippen LogP contribution in [0.25, 0.3) is 0 Å². The molecule has 0 aromatic carbocycles. The molecule has 2 N–H and O–H groups in total. The van der Waals surface area contributed by atoms with E-state index in [1.54, 1.807) is 0 Å². The predicted octanol–water partition coefficient (Wildman–Crippen LogP) is 1.47. The summed E-state index contributed by atoms with van der Waals surface area (Å²) in [6.45, 7) is 0. The Morgan fingerprint density at radius 1 is 1.50 bits per heavy atom. The maximum absolute atomic E-state index is 12.6. The van der Waals surface area contributed by atoms with Crippen LogP contribution in [0.3, 0.4) is 0 Å². The Labute approximate surface area is 71.4 Å². The van der Waals surface area contributed by atoms with Crippen molar-refractivity contribution in [3.05, 3.63) is 22.5 Å². The van der Waals surface area contributed by atoms with Gasteiger partial charge in [0.05, 0.1) is 5.69 Å². The van der Waals surface area contributed by atoms with Gasteiger partial charge in [-0.25, -0.2) is 4.98 Å². The quantitative estimate of drug-likeness (QED) is 0.629. The zero-order valence-corrected chi connectivity index (χ0v) is 6.36. The van der Waals surface area contributed by atoms with E-state index in [-0.39, 0.29) is 5.02 Å². The number of nitrogens with two attached hydrogens (primary N) is 1. The molecule has 0 aliphatic heterocycles. The van der Waals surface area contributed by atoms with Crippen molar-refractivity contribution in [2.24, 2.45) is 0 Å². The van der Waals surface area contributed by atoms with Gasteiger partial charge in [0.15, 0.2) is 5.69 Å². The first-order chi connectivity index (χ1) is 5.57. The lowest BCUT2D eigenvalue weighted by Crippen LogP contribution is -2.01. The highest BCUT2D eigenvalue weighted by Crippen LogP contribution is 2.25. The molecule has 0 aliphatic rings. The molecule has 0 saturated carbocycles. The lowest BCUT2D eigenvalue weighted by atomic mass is 10.3. The van der Waals surface area contributed by atoms with Crippen LogP contribution in [0.1, 0.15) is 5.69 Å². The van der Waals surface area contributed by atoms with Crippen molar-refractivity contribution in [1.29, 1.82) is 5.26 Å². The Morgan fingerprint density at radius 3 is 2.58 bits per heavy atom. The molecule has 0 radical (unpaired) electrons. The van der Waals surface area contributed by atoms with Gasteiger partial charge in [-0.1, -0.05) is 11.6 Å². The molecule has 1 aromatic heterocycles. The number of anilines is 1. The fraction of sp³-hybridized carbons (Fsp3) is 0. The zero-order chi connectivity index (χ0) is 9.30. The van der Waals surface area contributed by atoms with Crippen LogP contribution in [0.4, 0.5) is 14.5 Å². The van der Waals surface area contributed by atoms with Gasteiger partial charge < -0.3 is 5.73 Å². The molecule has 0 unspecified atom stereocenters. The van der Waals surface area contributed by atoms with Gasteiger partial charge in [-0.2, -0.15) is 14.0 Å². The molecule has 0 atom stereocenters. The summed E-state index contributed by atoms with van der Waals surface area (Å²) in [6.07, 6.45) is 0. The highest BCUT2D eigenvalue weighted by atomic mass is 35.5. The zero-order valence-electron chi connectivity index (χ0n) is 5.61. The normalized spacial score (nSPS) is 9.50. The van der Waals surface area contributed by atoms with Crippen LogP contribution in [-0.2, 0) is 0 Å². The Bertz CT molecular complexity index is 372. The summed E-state index contributed by atoms with van der Waals surface area (Å²) in [5, 5.41) is 7.95. The molecule has 1 rings (SSSR count). The van der Waals surface area contributed by atoms with Crippen LogP contribution in [0, 0.1) is 23.1 Å². The van der Waals surface area contributed by atoms with E-state index in [1.165, 1.54) is 6.07 Å². The summed E-state index contributed by atoms with van der Waals surface area (Å²) in [7, 11) is 0. The summed E-state index contributed by atoms with van der Waals surface area (Å²) in [5.41, 5.74) is 4.00. The molecule has 1 heterocycles. The molecule has 1 aromatic rings. The first-order valence-corrected chi connectivity index (χ1v) is 3.15. The number of rotatable bonds is 0. The largest absolute Gasteiger partial charge is 0.395 e. The van der Waals surface area contributed by atoms with Crippen molar-refractivity contribution in [1.82, 2.24) is 4.98 Å².